The van der Waals surface area contributed by atoms with Crippen LogP contribution in [0.4, 0.5) is 0 Å². The molecule has 1 aromatic heterocycles. The lowest BCUT2D eigenvalue weighted by atomic mass is 10.1. The van der Waals surface area contributed by atoms with Crippen LogP contribution < -0.4 is 5.32 Å². The van der Waals surface area contributed by atoms with E-state index < -0.39 is 0 Å². The third-order valence-corrected chi connectivity index (χ3v) is 3.98. The fraction of sp³-hybridized carbons (Fsp3) is 0.471. The Balaban J connectivity index is 1.50. The van der Waals surface area contributed by atoms with Crippen LogP contribution in [0, 0.1) is 0 Å². The van der Waals surface area contributed by atoms with Crippen molar-refractivity contribution in [1.29, 1.82) is 0 Å². The van der Waals surface area contributed by atoms with E-state index in [1.807, 2.05) is 37.3 Å². The molecule has 0 unspecified atom stereocenters. The van der Waals surface area contributed by atoms with Gasteiger partial charge < -0.3 is 14.2 Å². The minimum absolute atomic E-state index is 0.0641. The quantitative estimate of drug-likeness (QED) is 0.856. The number of amides is 1. The van der Waals surface area contributed by atoms with Crippen molar-refractivity contribution < 1.29 is 14.1 Å². The van der Waals surface area contributed by atoms with E-state index in [-0.39, 0.29) is 18.5 Å². The van der Waals surface area contributed by atoms with Crippen molar-refractivity contribution in [3.63, 3.8) is 0 Å². The number of ether oxygens (including phenoxy) is 1. The van der Waals surface area contributed by atoms with Gasteiger partial charge in [-0.05, 0) is 12.5 Å². The Morgan fingerprint density at radius 3 is 2.79 bits per heavy atom. The monoisotopic (exact) mass is 330 g/mol. The number of hydrogen-bond acceptors (Lipinski definition) is 6. The Kier molecular flexibility index (Phi) is 5.55. The van der Waals surface area contributed by atoms with Crippen LogP contribution in [0.2, 0.25) is 0 Å². The summed E-state index contributed by atoms with van der Waals surface area (Å²) in [6, 6.07) is 9.82. The molecule has 7 nitrogen and oxygen atoms in total. The molecule has 3 rings (SSSR count). The number of aromatic nitrogens is 2. The van der Waals surface area contributed by atoms with Gasteiger partial charge in [0, 0.05) is 19.5 Å². The summed E-state index contributed by atoms with van der Waals surface area (Å²) in [5.41, 5.74) is 1.13. The summed E-state index contributed by atoms with van der Waals surface area (Å²) in [6.07, 6.45) is 0.629. The average Bonchev–Trinajstić information content (AvgIpc) is 3.09. The van der Waals surface area contributed by atoms with Gasteiger partial charge in [-0.1, -0.05) is 35.5 Å². The second kappa shape index (κ2) is 8.03. The zero-order valence-corrected chi connectivity index (χ0v) is 13.8. The van der Waals surface area contributed by atoms with Gasteiger partial charge in [0.05, 0.1) is 25.8 Å². The number of rotatable bonds is 6. The normalized spacial score (nSPS) is 16.1. The molecule has 1 aromatic carbocycles. The molecule has 1 saturated heterocycles. The molecule has 1 N–H and O–H groups in total. The first-order valence-corrected chi connectivity index (χ1v) is 8.17. The van der Waals surface area contributed by atoms with Crippen molar-refractivity contribution in [2.75, 3.05) is 32.8 Å². The highest BCUT2D eigenvalue weighted by Gasteiger charge is 2.19. The maximum atomic E-state index is 12.1. The molecule has 1 fully saturated rings. The van der Waals surface area contributed by atoms with Gasteiger partial charge in [0.1, 0.15) is 0 Å². The molecule has 1 amide bonds. The SMILES string of the molecule is C[C@H](NCC(=O)N1CCOCC1)c1nc(Cc2ccccc2)no1. The first kappa shape index (κ1) is 16.6. The molecular formula is C17H22N4O3. The van der Waals surface area contributed by atoms with E-state index in [1.165, 1.54) is 0 Å². The maximum Gasteiger partial charge on any atom is 0.243 e. The number of hydrogen-bond donors (Lipinski definition) is 1. The largest absolute Gasteiger partial charge is 0.378 e. The topological polar surface area (TPSA) is 80.5 Å². The molecule has 128 valence electrons. The van der Waals surface area contributed by atoms with Gasteiger partial charge in [0.25, 0.3) is 0 Å². The van der Waals surface area contributed by atoms with Gasteiger partial charge >= 0.3 is 0 Å². The molecule has 2 aromatic rings. The molecule has 0 saturated carbocycles. The lowest BCUT2D eigenvalue weighted by Gasteiger charge is -2.27. The van der Waals surface area contributed by atoms with Crippen LogP contribution in [-0.2, 0) is 16.0 Å². The number of morpholine rings is 1. The lowest BCUT2D eigenvalue weighted by molar-refractivity contribution is -0.134. The van der Waals surface area contributed by atoms with Gasteiger partial charge in [-0.15, -0.1) is 0 Å². The maximum absolute atomic E-state index is 12.1. The fourth-order valence-electron chi connectivity index (χ4n) is 2.55. The highest BCUT2D eigenvalue weighted by molar-refractivity contribution is 5.78. The van der Waals surface area contributed by atoms with Crippen LogP contribution in [0.3, 0.4) is 0 Å². The summed E-state index contributed by atoms with van der Waals surface area (Å²) >= 11 is 0. The molecule has 2 heterocycles. The Morgan fingerprint density at radius 1 is 1.29 bits per heavy atom. The van der Waals surface area contributed by atoms with Crippen LogP contribution in [0.1, 0.15) is 30.2 Å². The van der Waals surface area contributed by atoms with Gasteiger partial charge in [0.2, 0.25) is 11.8 Å². The summed E-state index contributed by atoms with van der Waals surface area (Å²) in [5.74, 6) is 1.20. The van der Waals surface area contributed by atoms with Crippen molar-refractivity contribution in [3.05, 3.63) is 47.6 Å². The summed E-state index contributed by atoms with van der Waals surface area (Å²) in [7, 11) is 0. The zero-order valence-electron chi connectivity index (χ0n) is 13.8. The number of carbonyl (C=O) groups excluding carboxylic acids is 1. The Bertz CT molecular complexity index is 653. The predicted molar refractivity (Wildman–Crippen MR) is 87.4 cm³/mol. The molecule has 0 radical (unpaired) electrons. The highest BCUT2D eigenvalue weighted by atomic mass is 16.5. The highest BCUT2D eigenvalue weighted by Crippen LogP contribution is 2.12. The van der Waals surface area contributed by atoms with Gasteiger partial charge in [-0.25, -0.2) is 0 Å². The third-order valence-electron chi connectivity index (χ3n) is 3.98. The molecule has 24 heavy (non-hydrogen) atoms. The van der Waals surface area contributed by atoms with Gasteiger partial charge in [-0.3, -0.25) is 10.1 Å². The smallest absolute Gasteiger partial charge is 0.243 e. The summed E-state index contributed by atoms with van der Waals surface area (Å²) < 4.78 is 10.6. The first-order valence-electron chi connectivity index (χ1n) is 8.17. The number of nitrogens with one attached hydrogen (secondary N) is 1. The average molecular weight is 330 g/mol. The Morgan fingerprint density at radius 2 is 2.04 bits per heavy atom. The fourth-order valence-corrected chi connectivity index (χ4v) is 2.55. The predicted octanol–water partition coefficient (Wildman–Crippen LogP) is 1.17. The van der Waals surface area contributed by atoms with E-state index in [0.717, 1.165) is 5.56 Å². The molecule has 1 atom stereocenters. The van der Waals surface area contributed by atoms with E-state index in [2.05, 4.69) is 15.5 Å². The lowest BCUT2D eigenvalue weighted by Crippen LogP contribution is -2.45. The van der Waals surface area contributed by atoms with E-state index in [0.29, 0.717) is 44.4 Å². The molecule has 7 heteroatoms. The van der Waals surface area contributed by atoms with Crippen LogP contribution >= 0.6 is 0 Å². The minimum Gasteiger partial charge on any atom is -0.378 e. The Labute approximate surface area is 141 Å². The van der Waals surface area contributed by atoms with Crippen molar-refractivity contribution in [1.82, 2.24) is 20.4 Å². The van der Waals surface area contributed by atoms with Crippen LogP contribution in [0.15, 0.2) is 34.9 Å². The van der Waals surface area contributed by atoms with Crippen molar-refractivity contribution in [3.8, 4) is 0 Å². The summed E-state index contributed by atoms with van der Waals surface area (Å²) in [6.45, 7) is 4.67. The second-order valence-corrected chi connectivity index (χ2v) is 5.81. The summed E-state index contributed by atoms with van der Waals surface area (Å²) in [4.78, 5) is 18.3. The number of nitrogens with zero attached hydrogens (tertiary/aromatic N) is 3. The van der Waals surface area contributed by atoms with E-state index in [9.17, 15) is 4.79 Å². The van der Waals surface area contributed by atoms with Crippen molar-refractivity contribution in [2.45, 2.75) is 19.4 Å². The third kappa shape index (κ3) is 4.39. The van der Waals surface area contributed by atoms with Crippen molar-refractivity contribution >= 4 is 5.91 Å². The first-order chi connectivity index (χ1) is 11.7. The van der Waals surface area contributed by atoms with Crippen molar-refractivity contribution in [2.24, 2.45) is 0 Å². The van der Waals surface area contributed by atoms with E-state index in [4.69, 9.17) is 9.26 Å². The van der Waals surface area contributed by atoms with E-state index >= 15 is 0 Å². The van der Waals surface area contributed by atoms with Gasteiger partial charge in [0.15, 0.2) is 5.82 Å². The molecule has 0 spiro atoms. The Hall–Kier alpha value is -2.25. The molecule has 0 bridgehead atoms. The zero-order chi connectivity index (χ0) is 16.8. The molecule has 1 aliphatic rings. The van der Waals surface area contributed by atoms with Crippen LogP contribution in [0.5, 0.6) is 0 Å². The van der Waals surface area contributed by atoms with E-state index in [1.54, 1.807) is 4.90 Å². The number of carbonyl (C=O) groups is 1. The molecule has 1 aliphatic heterocycles. The molecule has 0 aliphatic carbocycles. The van der Waals surface area contributed by atoms with Crippen LogP contribution in [0.25, 0.3) is 0 Å². The standard InChI is InChI=1S/C17H22N4O3/c1-13(18-12-16(22)21-7-9-23-10-8-21)17-19-15(20-24-17)11-14-5-3-2-4-6-14/h2-6,13,18H,7-12H2,1H3/t13-/m0/s1. The minimum atomic E-state index is -0.174. The number of benzene rings is 1. The molecular weight excluding hydrogens is 308 g/mol. The van der Waals surface area contributed by atoms with Crippen LogP contribution in [-0.4, -0.2) is 53.8 Å². The second-order valence-electron chi connectivity index (χ2n) is 5.81. The van der Waals surface area contributed by atoms with Gasteiger partial charge in [-0.2, -0.15) is 4.98 Å². The summed E-state index contributed by atoms with van der Waals surface area (Å²) in [5, 5.41) is 7.16.